The lowest BCUT2D eigenvalue weighted by Crippen LogP contribution is -2.14. The highest BCUT2D eigenvalue weighted by molar-refractivity contribution is 5.74. The zero-order valence-electron chi connectivity index (χ0n) is 10.9. The molecule has 0 saturated heterocycles. The summed E-state index contributed by atoms with van der Waals surface area (Å²) in [7, 11) is 1.94. The van der Waals surface area contributed by atoms with E-state index in [0.717, 1.165) is 16.9 Å². The van der Waals surface area contributed by atoms with Gasteiger partial charge in [0, 0.05) is 12.5 Å². The molecule has 2 aromatic heterocycles. The third-order valence-electron chi connectivity index (χ3n) is 2.21. The van der Waals surface area contributed by atoms with Gasteiger partial charge in [-0.2, -0.15) is 0 Å². The van der Waals surface area contributed by atoms with Gasteiger partial charge in [-0.15, -0.1) is 0 Å². The van der Waals surface area contributed by atoms with Crippen molar-refractivity contribution in [2.45, 2.75) is 40.0 Å². The Balaban J connectivity index is 0.000000606. The predicted molar refractivity (Wildman–Crippen MR) is 66.4 cm³/mol. The average Bonchev–Trinajstić information content (AvgIpc) is 2.62. The molecule has 2 aromatic rings. The van der Waals surface area contributed by atoms with E-state index in [1.54, 1.807) is 12.7 Å². The molecular weight excluding hydrogens is 200 g/mol. The van der Waals surface area contributed by atoms with Crippen molar-refractivity contribution >= 4 is 11.2 Å². The lowest BCUT2D eigenvalue weighted by Gasteiger charge is -2.17. The molecule has 2 rings (SSSR count). The van der Waals surface area contributed by atoms with Crippen molar-refractivity contribution < 1.29 is 0 Å². The highest BCUT2D eigenvalue weighted by Gasteiger charge is 2.20. The fourth-order valence-corrected chi connectivity index (χ4v) is 1.49. The van der Waals surface area contributed by atoms with Gasteiger partial charge < -0.3 is 4.57 Å². The maximum Gasteiger partial charge on any atom is 0.163 e. The monoisotopic (exact) mass is 220 g/mol. The van der Waals surface area contributed by atoms with Crippen molar-refractivity contribution in [3.8, 4) is 0 Å². The zero-order valence-corrected chi connectivity index (χ0v) is 10.9. The van der Waals surface area contributed by atoms with Gasteiger partial charge in [-0.1, -0.05) is 34.6 Å². The van der Waals surface area contributed by atoms with Crippen LogP contribution >= 0.6 is 0 Å². The Hall–Kier alpha value is -1.45. The largest absolute Gasteiger partial charge is 0.318 e. The molecule has 0 saturated carbocycles. The van der Waals surface area contributed by atoms with Gasteiger partial charge in [-0.05, 0) is 0 Å². The van der Waals surface area contributed by atoms with E-state index in [9.17, 15) is 0 Å². The minimum absolute atomic E-state index is 0.00947. The van der Waals surface area contributed by atoms with Crippen molar-refractivity contribution in [3.63, 3.8) is 0 Å². The Labute approximate surface area is 96.8 Å². The summed E-state index contributed by atoms with van der Waals surface area (Å²) in [5.41, 5.74) is 2.81. The second kappa shape index (κ2) is 4.60. The van der Waals surface area contributed by atoms with Crippen LogP contribution < -0.4 is 0 Å². The molecule has 0 atom stereocenters. The Kier molecular flexibility index (Phi) is 3.62. The highest BCUT2D eigenvalue weighted by atomic mass is 15.1. The molecule has 16 heavy (non-hydrogen) atoms. The van der Waals surface area contributed by atoms with E-state index >= 15 is 0 Å². The molecule has 88 valence electrons. The van der Waals surface area contributed by atoms with Crippen molar-refractivity contribution in [1.82, 2.24) is 19.5 Å². The predicted octanol–water partition coefficient (Wildman–Crippen LogP) is 2.69. The van der Waals surface area contributed by atoms with Crippen molar-refractivity contribution in [3.05, 3.63) is 18.3 Å². The number of hydrogen-bond acceptors (Lipinski definition) is 3. The molecule has 0 aliphatic rings. The average molecular weight is 220 g/mol. The molecule has 0 radical (unpaired) electrons. The molecule has 0 aliphatic heterocycles. The summed E-state index contributed by atoms with van der Waals surface area (Å²) >= 11 is 0. The highest BCUT2D eigenvalue weighted by Crippen LogP contribution is 2.25. The van der Waals surface area contributed by atoms with E-state index in [1.165, 1.54) is 0 Å². The van der Waals surface area contributed by atoms with Gasteiger partial charge in [0.2, 0.25) is 0 Å². The van der Waals surface area contributed by atoms with E-state index in [-0.39, 0.29) is 5.41 Å². The Morgan fingerprint density at radius 3 is 2.25 bits per heavy atom. The molecule has 0 amide bonds. The fraction of sp³-hybridized carbons (Fsp3) is 0.583. The van der Waals surface area contributed by atoms with Gasteiger partial charge in [-0.3, -0.25) is 0 Å². The number of fused-ring (bicyclic) bond motifs is 1. The van der Waals surface area contributed by atoms with Crippen molar-refractivity contribution in [2.24, 2.45) is 7.05 Å². The summed E-state index contributed by atoms with van der Waals surface area (Å²) in [5.74, 6) is 0. The number of rotatable bonds is 0. The van der Waals surface area contributed by atoms with Crippen LogP contribution in [0, 0.1) is 0 Å². The quantitative estimate of drug-likeness (QED) is 0.685. The lowest BCUT2D eigenvalue weighted by molar-refractivity contribution is 0.572. The maximum absolute atomic E-state index is 4.32. The Morgan fingerprint density at radius 2 is 1.69 bits per heavy atom. The van der Waals surface area contributed by atoms with Crippen LogP contribution in [0.2, 0.25) is 0 Å². The van der Waals surface area contributed by atoms with Gasteiger partial charge in [0.05, 0.1) is 12.0 Å². The van der Waals surface area contributed by atoms with Crippen LogP contribution in [0.1, 0.15) is 40.3 Å². The summed E-state index contributed by atoms with van der Waals surface area (Å²) in [4.78, 5) is 12.8. The first-order valence-corrected chi connectivity index (χ1v) is 5.62. The first-order valence-electron chi connectivity index (χ1n) is 5.62. The van der Waals surface area contributed by atoms with Gasteiger partial charge >= 0.3 is 0 Å². The Morgan fingerprint density at radius 1 is 1.06 bits per heavy atom. The van der Waals surface area contributed by atoms with Gasteiger partial charge in [0.25, 0.3) is 0 Å². The smallest absolute Gasteiger partial charge is 0.163 e. The molecule has 0 unspecified atom stereocenters. The molecule has 0 aromatic carbocycles. The first kappa shape index (κ1) is 12.6. The molecular formula is C12H20N4. The van der Waals surface area contributed by atoms with E-state index < -0.39 is 0 Å². The van der Waals surface area contributed by atoms with E-state index in [0.29, 0.717) is 0 Å². The summed E-state index contributed by atoms with van der Waals surface area (Å²) in [6, 6.07) is 0. The number of nitrogens with zero attached hydrogens (tertiary/aromatic N) is 4. The molecule has 4 heteroatoms. The summed E-state index contributed by atoms with van der Waals surface area (Å²) < 4.78 is 1.91. The molecule has 2 heterocycles. The van der Waals surface area contributed by atoms with Crippen LogP contribution in [0.5, 0.6) is 0 Å². The van der Waals surface area contributed by atoms with Crippen LogP contribution in [-0.2, 0) is 12.5 Å². The summed E-state index contributed by atoms with van der Waals surface area (Å²) in [6.07, 6.45) is 3.37. The zero-order chi connectivity index (χ0) is 12.3. The topological polar surface area (TPSA) is 43.6 Å². The number of hydrogen-bond donors (Lipinski definition) is 0. The van der Waals surface area contributed by atoms with Crippen molar-refractivity contribution in [2.75, 3.05) is 0 Å². The summed E-state index contributed by atoms with van der Waals surface area (Å²) in [6.45, 7) is 10.4. The second-order valence-electron chi connectivity index (χ2n) is 4.50. The van der Waals surface area contributed by atoms with E-state index in [2.05, 4.69) is 35.7 Å². The van der Waals surface area contributed by atoms with Crippen LogP contribution in [-0.4, -0.2) is 19.5 Å². The van der Waals surface area contributed by atoms with Crippen LogP contribution in [0.15, 0.2) is 12.7 Å². The normalized spacial score (nSPS) is 11.1. The molecule has 0 aliphatic carbocycles. The number of aromatic nitrogens is 4. The van der Waals surface area contributed by atoms with Crippen LogP contribution in [0.3, 0.4) is 0 Å². The van der Waals surface area contributed by atoms with E-state index in [4.69, 9.17) is 0 Å². The summed E-state index contributed by atoms with van der Waals surface area (Å²) in [5, 5.41) is 0. The SMILES string of the molecule is CC.Cn1cnc2c(C(C)(C)C)ncnc21. The fourth-order valence-electron chi connectivity index (χ4n) is 1.49. The van der Waals surface area contributed by atoms with Gasteiger partial charge in [0.1, 0.15) is 11.8 Å². The molecule has 0 bridgehead atoms. The first-order chi connectivity index (χ1) is 7.50. The number of imidazole rings is 1. The number of aryl methyl sites for hydroxylation is 1. The maximum atomic E-state index is 4.32. The van der Waals surface area contributed by atoms with Gasteiger partial charge in [-0.25, -0.2) is 15.0 Å². The van der Waals surface area contributed by atoms with Crippen LogP contribution in [0.25, 0.3) is 11.2 Å². The minimum atomic E-state index is 0.00947. The Bertz CT molecular complexity index is 465. The molecule has 4 nitrogen and oxygen atoms in total. The third kappa shape index (κ3) is 2.21. The minimum Gasteiger partial charge on any atom is -0.318 e. The van der Waals surface area contributed by atoms with Crippen LogP contribution in [0.4, 0.5) is 0 Å². The second-order valence-corrected chi connectivity index (χ2v) is 4.50. The molecule has 0 N–H and O–H groups in total. The lowest BCUT2D eigenvalue weighted by atomic mass is 9.91. The standard InChI is InChI=1S/C10H14N4.C2H6/c1-10(2,3)8-7-9(12-5-11-8)14(4)6-13-7;1-2/h5-6H,1-4H3;1-2H3. The molecule has 0 fully saturated rings. The third-order valence-corrected chi connectivity index (χ3v) is 2.21. The van der Waals surface area contributed by atoms with E-state index in [1.807, 2.05) is 25.5 Å². The molecule has 0 spiro atoms. The van der Waals surface area contributed by atoms with Crippen molar-refractivity contribution in [1.29, 1.82) is 0 Å². The van der Waals surface area contributed by atoms with Gasteiger partial charge in [0.15, 0.2) is 5.65 Å².